The normalized spacial score (nSPS) is 11.7. The molecule has 0 saturated carbocycles. The quantitative estimate of drug-likeness (QED) is 0.435. The van der Waals surface area contributed by atoms with Crippen LogP contribution in [-0.4, -0.2) is 28.0 Å². The molecule has 0 radical (unpaired) electrons. The summed E-state index contributed by atoms with van der Waals surface area (Å²) in [5, 5.41) is 12.0. The van der Waals surface area contributed by atoms with E-state index in [-0.39, 0.29) is 6.04 Å². The first kappa shape index (κ1) is 21.0. The minimum absolute atomic E-state index is 0.0227. The van der Waals surface area contributed by atoms with Crippen LogP contribution in [0.4, 0.5) is 5.00 Å². The fourth-order valence-electron chi connectivity index (χ4n) is 3.02. The van der Waals surface area contributed by atoms with Crippen LogP contribution >= 0.6 is 23.6 Å². The summed E-state index contributed by atoms with van der Waals surface area (Å²) in [5.41, 5.74) is 3.54. The van der Waals surface area contributed by atoms with Crippen molar-refractivity contribution < 1.29 is 9.53 Å². The number of anilines is 1. The zero-order chi connectivity index (χ0) is 21.0. The molecule has 0 saturated heterocycles. The Kier molecular flexibility index (Phi) is 6.66. The maximum Gasteiger partial charge on any atom is 0.340 e. The van der Waals surface area contributed by atoms with E-state index in [2.05, 4.69) is 22.7 Å². The molecule has 2 N–H and O–H groups in total. The number of rotatable bonds is 6. The number of benzene rings is 1. The highest BCUT2D eigenvalue weighted by atomic mass is 32.1. The van der Waals surface area contributed by atoms with E-state index in [0.717, 1.165) is 28.2 Å². The van der Waals surface area contributed by atoms with Crippen molar-refractivity contribution in [2.45, 2.75) is 33.4 Å². The van der Waals surface area contributed by atoms with Gasteiger partial charge in [-0.3, -0.25) is 4.68 Å². The Hall–Kier alpha value is -2.71. The average molecular weight is 429 g/mol. The van der Waals surface area contributed by atoms with Crippen molar-refractivity contribution in [1.82, 2.24) is 15.1 Å². The molecule has 1 unspecified atom stereocenters. The minimum atomic E-state index is -0.401. The van der Waals surface area contributed by atoms with Crippen LogP contribution in [0.25, 0.3) is 10.4 Å². The van der Waals surface area contributed by atoms with Crippen molar-refractivity contribution in [3.05, 3.63) is 59.4 Å². The van der Waals surface area contributed by atoms with Gasteiger partial charge in [0.15, 0.2) is 5.11 Å². The van der Waals surface area contributed by atoms with E-state index in [9.17, 15) is 4.79 Å². The third kappa shape index (κ3) is 4.83. The molecule has 0 aliphatic heterocycles. The molecule has 0 spiro atoms. The number of thiocarbonyl (C=S) groups is 1. The van der Waals surface area contributed by atoms with E-state index < -0.39 is 5.97 Å². The Balaban J connectivity index is 1.79. The van der Waals surface area contributed by atoms with E-state index in [0.29, 0.717) is 15.7 Å². The van der Waals surface area contributed by atoms with E-state index in [1.165, 1.54) is 18.4 Å². The number of carbonyl (C=O) groups excluding carboxylic acids is 1. The van der Waals surface area contributed by atoms with Gasteiger partial charge in [0.05, 0.1) is 24.4 Å². The first-order valence-corrected chi connectivity index (χ1v) is 10.5. The maximum absolute atomic E-state index is 12.3. The van der Waals surface area contributed by atoms with Gasteiger partial charge in [-0.05, 0) is 44.6 Å². The predicted molar refractivity (Wildman–Crippen MR) is 122 cm³/mol. The summed E-state index contributed by atoms with van der Waals surface area (Å²) in [6.45, 7) is 6.88. The third-order valence-electron chi connectivity index (χ3n) is 4.55. The number of methoxy groups -OCH3 is 1. The van der Waals surface area contributed by atoms with Gasteiger partial charge < -0.3 is 15.4 Å². The molecule has 6 nitrogen and oxygen atoms in total. The van der Waals surface area contributed by atoms with Gasteiger partial charge in [-0.15, -0.1) is 11.3 Å². The summed E-state index contributed by atoms with van der Waals surface area (Å²) in [4.78, 5) is 13.2. The summed E-state index contributed by atoms with van der Waals surface area (Å²) in [6.07, 6.45) is 2.02. The number of aryl methyl sites for hydroxylation is 2. The molecule has 0 aliphatic rings. The van der Waals surface area contributed by atoms with Crippen LogP contribution in [0, 0.1) is 6.92 Å². The number of hydrogen-bond acceptors (Lipinski definition) is 5. The van der Waals surface area contributed by atoms with Gasteiger partial charge in [-0.25, -0.2) is 4.79 Å². The smallest absolute Gasteiger partial charge is 0.340 e. The second-order valence-electron chi connectivity index (χ2n) is 6.56. The molecule has 0 aliphatic carbocycles. The van der Waals surface area contributed by atoms with Crippen LogP contribution in [-0.2, 0) is 11.3 Å². The summed E-state index contributed by atoms with van der Waals surface area (Å²) < 4.78 is 6.84. The lowest BCUT2D eigenvalue weighted by Gasteiger charge is -2.16. The average Bonchev–Trinajstić information content (AvgIpc) is 3.31. The number of hydrogen-bond donors (Lipinski definition) is 2. The van der Waals surface area contributed by atoms with Crippen molar-refractivity contribution in [1.29, 1.82) is 0 Å². The Morgan fingerprint density at radius 1 is 1.34 bits per heavy atom. The fraction of sp³-hybridized carbons (Fsp3) is 0.286. The van der Waals surface area contributed by atoms with Gasteiger partial charge in [0.25, 0.3) is 0 Å². The van der Waals surface area contributed by atoms with Crippen molar-refractivity contribution in [2.24, 2.45) is 0 Å². The van der Waals surface area contributed by atoms with Crippen molar-refractivity contribution in [2.75, 3.05) is 12.4 Å². The van der Waals surface area contributed by atoms with Gasteiger partial charge in [0.2, 0.25) is 0 Å². The molecule has 2 heterocycles. The van der Waals surface area contributed by atoms with Gasteiger partial charge in [-0.2, -0.15) is 5.10 Å². The van der Waals surface area contributed by atoms with Crippen LogP contribution in [0.5, 0.6) is 0 Å². The molecule has 3 rings (SSSR count). The molecule has 2 aromatic heterocycles. The number of carbonyl (C=O) groups is 1. The van der Waals surface area contributed by atoms with Gasteiger partial charge in [-0.1, -0.05) is 30.3 Å². The van der Waals surface area contributed by atoms with E-state index in [1.807, 2.05) is 61.1 Å². The molecule has 1 atom stereocenters. The van der Waals surface area contributed by atoms with Crippen LogP contribution < -0.4 is 10.6 Å². The summed E-state index contributed by atoms with van der Waals surface area (Å²) >= 11 is 6.97. The largest absolute Gasteiger partial charge is 0.465 e. The molecule has 0 fully saturated rings. The second-order valence-corrected chi connectivity index (χ2v) is 8.02. The standard InChI is InChI=1S/C21H24N4O2S2/c1-5-25-12-17(14(3)24-25)13(2)22-21(28)23-19-16(20(26)27-4)11-18(29-19)15-9-7-6-8-10-15/h6-13H,5H2,1-4H3,(H2,22,23,28). The van der Waals surface area contributed by atoms with Crippen molar-refractivity contribution >= 4 is 39.6 Å². The number of esters is 1. The van der Waals surface area contributed by atoms with Crippen LogP contribution in [0.1, 0.15) is 41.5 Å². The molecule has 3 aromatic rings. The minimum Gasteiger partial charge on any atom is -0.465 e. The Labute approximate surface area is 179 Å². The Morgan fingerprint density at radius 3 is 2.69 bits per heavy atom. The van der Waals surface area contributed by atoms with Gasteiger partial charge in [0.1, 0.15) is 5.00 Å². The SMILES string of the molecule is CCn1cc(C(C)NC(=S)Nc2sc(-c3ccccc3)cc2C(=O)OC)c(C)n1. The number of aromatic nitrogens is 2. The van der Waals surface area contributed by atoms with E-state index in [4.69, 9.17) is 17.0 Å². The predicted octanol–water partition coefficient (Wildman–Crippen LogP) is 4.77. The molecule has 152 valence electrons. The van der Waals surface area contributed by atoms with E-state index in [1.54, 1.807) is 0 Å². The molecule has 0 bridgehead atoms. The summed E-state index contributed by atoms with van der Waals surface area (Å²) in [6, 6.07) is 11.7. The van der Waals surface area contributed by atoms with Crippen molar-refractivity contribution in [3.63, 3.8) is 0 Å². The van der Waals surface area contributed by atoms with Gasteiger partial charge in [0, 0.05) is 23.2 Å². The molecule has 8 heteroatoms. The Morgan fingerprint density at radius 2 is 2.07 bits per heavy atom. The molecule has 29 heavy (non-hydrogen) atoms. The number of nitrogens with one attached hydrogen (secondary N) is 2. The zero-order valence-electron chi connectivity index (χ0n) is 16.9. The highest BCUT2D eigenvalue weighted by Gasteiger charge is 2.20. The third-order valence-corrected chi connectivity index (χ3v) is 5.86. The summed E-state index contributed by atoms with van der Waals surface area (Å²) in [5.74, 6) is -0.401. The van der Waals surface area contributed by atoms with Crippen LogP contribution in [0.3, 0.4) is 0 Å². The lowest BCUT2D eigenvalue weighted by atomic mass is 10.1. The monoisotopic (exact) mass is 428 g/mol. The lowest BCUT2D eigenvalue weighted by molar-refractivity contribution is 0.0602. The number of thiophene rings is 1. The molecular weight excluding hydrogens is 404 g/mol. The maximum atomic E-state index is 12.3. The van der Waals surface area contributed by atoms with Gasteiger partial charge >= 0.3 is 5.97 Å². The summed E-state index contributed by atoms with van der Waals surface area (Å²) in [7, 11) is 1.37. The number of nitrogens with zero attached hydrogens (tertiary/aromatic N) is 2. The highest BCUT2D eigenvalue weighted by Crippen LogP contribution is 2.36. The van der Waals surface area contributed by atoms with E-state index >= 15 is 0 Å². The Bertz CT molecular complexity index is 1010. The lowest BCUT2D eigenvalue weighted by Crippen LogP contribution is -2.31. The highest BCUT2D eigenvalue weighted by molar-refractivity contribution is 7.80. The van der Waals surface area contributed by atoms with Crippen molar-refractivity contribution in [3.8, 4) is 10.4 Å². The molecule has 0 amide bonds. The van der Waals surface area contributed by atoms with Crippen LogP contribution in [0.2, 0.25) is 0 Å². The first-order chi connectivity index (χ1) is 13.9. The topological polar surface area (TPSA) is 68.2 Å². The zero-order valence-corrected chi connectivity index (χ0v) is 18.5. The second kappa shape index (κ2) is 9.19. The van der Waals surface area contributed by atoms with Crippen LogP contribution in [0.15, 0.2) is 42.6 Å². The molecule has 1 aromatic carbocycles. The number of ether oxygens (including phenoxy) is 1. The first-order valence-electron chi connectivity index (χ1n) is 9.32. The fourth-order valence-corrected chi connectivity index (χ4v) is 4.42. The molecular formula is C21H24N4O2S2.